The van der Waals surface area contributed by atoms with Gasteiger partial charge in [0.2, 0.25) is 0 Å². The number of ether oxygens (including phenoxy) is 4. The van der Waals surface area contributed by atoms with E-state index >= 15 is 0 Å². The van der Waals surface area contributed by atoms with Gasteiger partial charge in [-0.05, 0) is 96.3 Å². The predicted octanol–water partition coefficient (Wildman–Crippen LogP) is 4.03. The number of amides is 1. The number of carbonyl (C=O) groups is 3. The molecule has 0 aliphatic heterocycles. The standard InChI is InChI=1S/C25H29N4O7.C5H5.Fe/c1-25(2,3)36-23(31)26-21(22(30)33-4)13-17-9-11-20(12-10-17)35-24(32)34-16-19-15-29(28-27-19)14-18-7-5-6-8-18;1-2-4-5-3-1;/h5-12,15,21H,13-14,16H2,1-4H3,(H,26,31);1-5H;/q;;+2/t21-;;/m0../s1. The molecule has 2 fully saturated rings. The molecular formula is C30H34FeN4O7+2. The number of methoxy groups -OCH3 is 1. The van der Waals surface area contributed by atoms with E-state index in [2.05, 4.69) is 15.6 Å². The molecule has 1 N–H and O–H groups in total. The first kappa shape index (κ1) is 35.1. The number of nitrogens with zero attached hydrogens (tertiary/aromatic N) is 3. The maximum absolute atomic E-state index is 12.1. The smallest absolute Gasteiger partial charge is 0.467 e. The van der Waals surface area contributed by atoms with Gasteiger partial charge in [0.15, 0.2) is 0 Å². The van der Waals surface area contributed by atoms with Crippen molar-refractivity contribution in [3.8, 4) is 5.75 Å². The van der Waals surface area contributed by atoms with Crippen LogP contribution in [0.5, 0.6) is 5.75 Å². The molecular weight excluding hydrogens is 584 g/mol. The Kier molecular flexibility index (Phi) is 14.8. The van der Waals surface area contributed by atoms with Crippen molar-refractivity contribution in [3.63, 3.8) is 0 Å². The van der Waals surface area contributed by atoms with Gasteiger partial charge < -0.3 is 24.3 Å². The van der Waals surface area contributed by atoms with E-state index in [9.17, 15) is 14.4 Å². The minimum absolute atomic E-state index is 0. The molecule has 1 heterocycles. The van der Waals surface area contributed by atoms with Crippen molar-refractivity contribution in [2.75, 3.05) is 7.11 Å². The van der Waals surface area contributed by atoms with Crippen molar-refractivity contribution < 1.29 is 50.4 Å². The van der Waals surface area contributed by atoms with Gasteiger partial charge in [0.25, 0.3) is 0 Å². The van der Waals surface area contributed by atoms with Crippen LogP contribution >= 0.6 is 0 Å². The average molecular weight is 618 g/mol. The summed E-state index contributed by atoms with van der Waals surface area (Å²) in [5, 5.41) is 10.5. The van der Waals surface area contributed by atoms with Gasteiger partial charge in [-0.25, -0.2) is 14.4 Å². The van der Waals surface area contributed by atoms with Crippen LogP contribution < -0.4 is 10.1 Å². The maximum Gasteiger partial charge on any atom is 2.00 e. The largest absolute Gasteiger partial charge is 2.00 e. The molecule has 0 spiro atoms. The fourth-order valence-electron chi connectivity index (χ4n) is 3.48. The zero-order valence-corrected chi connectivity index (χ0v) is 24.9. The van der Waals surface area contributed by atoms with Gasteiger partial charge in [-0.15, -0.1) is 5.10 Å². The minimum atomic E-state index is -0.950. The van der Waals surface area contributed by atoms with E-state index < -0.39 is 29.9 Å². The Hall–Kier alpha value is -3.11. The van der Waals surface area contributed by atoms with Crippen molar-refractivity contribution in [2.24, 2.45) is 0 Å². The SMILES string of the molecule is COC(=O)[C@H](Cc1ccc(OC(=O)OCc2cn(C[C]3[CH][CH][CH][CH]3)nn2)cc1)NC(=O)OC(C)(C)C.[CH]1[CH][CH][CH][CH]1.[Fe+2]. The number of esters is 1. The average Bonchev–Trinajstić information content (AvgIpc) is 3.72. The first-order chi connectivity index (χ1) is 19.6. The number of hydrogen-bond acceptors (Lipinski definition) is 9. The second-order valence-corrected chi connectivity index (χ2v) is 9.87. The first-order valence-corrected chi connectivity index (χ1v) is 12.9. The zero-order valence-electron chi connectivity index (χ0n) is 23.8. The minimum Gasteiger partial charge on any atom is -0.467 e. The summed E-state index contributed by atoms with van der Waals surface area (Å²) in [6.45, 7) is 5.65. The summed E-state index contributed by atoms with van der Waals surface area (Å²) in [6.07, 6.45) is 18.1. The molecule has 0 saturated heterocycles. The summed E-state index contributed by atoms with van der Waals surface area (Å²) < 4.78 is 21.9. The van der Waals surface area contributed by atoms with E-state index in [1.54, 1.807) is 55.9 Å². The summed E-state index contributed by atoms with van der Waals surface area (Å²) in [5.41, 5.74) is 0.474. The third-order valence-electron chi connectivity index (χ3n) is 5.30. The molecule has 10 radical (unpaired) electrons. The molecule has 0 unspecified atom stereocenters. The summed E-state index contributed by atoms with van der Waals surface area (Å²) in [4.78, 5) is 36.2. The molecule has 2 saturated carbocycles. The van der Waals surface area contributed by atoms with Crippen LogP contribution in [0.25, 0.3) is 0 Å². The van der Waals surface area contributed by atoms with Crippen molar-refractivity contribution in [3.05, 3.63) is 105 Å². The Labute approximate surface area is 258 Å². The topological polar surface area (TPSA) is 131 Å². The zero-order chi connectivity index (χ0) is 29.7. The van der Waals surface area contributed by atoms with E-state index in [1.165, 1.54) is 7.11 Å². The molecule has 1 aromatic heterocycles. The second-order valence-electron chi connectivity index (χ2n) is 9.87. The van der Waals surface area contributed by atoms with Gasteiger partial charge in [0, 0.05) is 18.9 Å². The quantitative estimate of drug-likeness (QED) is 0.192. The second kappa shape index (κ2) is 17.8. The Balaban J connectivity index is 0.000000927. The summed E-state index contributed by atoms with van der Waals surface area (Å²) >= 11 is 0. The summed E-state index contributed by atoms with van der Waals surface area (Å²) in [5.74, 6) is 0.726. The number of aromatic nitrogens is 3. The van der Waals surface area contributed by atoms with Crippen LogP contribution in [0.1, 0.15) is 32.0 Å². The third-order valence-corrected chi connectivity index (χ3v) is 5.30. The monoisotopic (exact) mass is 618 g/mol. The summed E-state index contributed by atoms with van der Waals surface area (Å²) in [6, 6.07) is 5.46. The number of alkyl carbamates (subject to hydrolysis) is 1. The predicted molar refractivity (Wildman–Crippen MR) is 148 cm³/mol. The van der Waals surface area contributed by atoms with Gasteiger partial charge in [0.1, 0.15) is 29.7 Å². The van der Waals surface area contributed by atoms with E-state index in [-0.39, 0.29) is 35.8 Å². The maximum atomic E-state index is 12.1. The Bertz CT molecular complexity index is 1100. The molecule has 1 aromatic carbocycles. The molecule has 1 atom stereocenters. The first-order valence-electron chi connectivity index (χ1n) is 12.9. The van der Waals surface area contributed by atoms with Gasteiger partial charge in [-0.2, -0.15) is 0 Å². The number of carbonyl (C=O) groups excluding carboxylic acids is 3. The molecule has 2 aliphatic carbocycles. The van der Waals surface area contributed by atoms with E-state index in [4.69, 9.17) is 18.9 Å². The van der Waals surface area contributed by atoms with Gasteiger partial charge in [-0.1, -0.05) is 17.3 Å². The third kappa shape index (κ3) is 13.2. The molecule has 42 heavy (non-hydrogen) atoms. The van der Waals surface area contributed by atoms with Crippen LogP contribution in [0.15, 0.2) is 30.5 Å². The number of nitrogens with one attached hydrogen (secondary N) is 1. The van der Waals surface area contributed by atoms with Gasteiger partial charge in [-0.3, -0.25) is 4.68 Å². The number of benzene rings is 1. The number of rotatable bonds is 9. The summed E-state index contributed by atoms with van der Waals surface area (Å²) in [7, 11) is 1.23. The van der Waals surface area contributed by atoms with Gasteiger partial charge >= 0.3 is 35.3 Å². The van der Waals surface area contributed by atoms with E-state index in [0.717, 1.165) is 5.92 Å². The van der Waals surface area contributed by atoms with Crippen LogP contribution in [0, 0.1) is 63.7 Å². The molecule has 0 bridgehead atoms. The Morgan fingerprint density at radius 3 is 2.14 bits per heavy atom. The van der Waals surface area contributed by atoms with Crippen LogP contribution in [0.4, 0.5) is 9.59 Å². The van der Waals surface area contributed by atoms with E-state index in [1.807, 2.05) is 57.8 Å². The van der Waals surface area contributed by atoms with Gasteiger partial charge in [0.05, 0.1) is 13.3 Å². The molecule has 11 nitrogen and oxygen atoms in total. The molecule has 2 aliphatic rings. The van der Waals surface area contributed by atoms with Crippen molar-refractivity contribution >= 4 is 18.2 Å². The molecule has 1 amide bonds. The molecule has 2 aromatic rings. The molecule has 12 heteroatoms. The Morgan fingerprint density at radius 2 is 1.57 bits per heavy atom. The van der Waals surface area contributed by atoms with Crippen LogP contribution in [-0.4, -0.2) is 52.0 Å². The fraction of sp³-hybridized carbons (Fsp3) is 0.300. The van der Waals surface area contributed by atoms with Crippen LogP contribution in [0.3, 0.4) is 0 Å². The fourth-order valence-corrected chi connectivity index (χ4v) is 3.48. The van der Waals surface area contributed by atoms with Crippen LogP contribution in [0.2, 0.25) is 0 Å². The van der Waals surface area contributed by atoms with Crippen molar-refractivity contribution in [2.45, 2.75) is 52.0 Å². The van der Waals surface area contributed by atoms with Crippen molar-refractivity contribution in [1.29, 1.82) is 0 Å². The normalized spacial score (nSPS) is 15.4. The molecule has 4 rings (SSSR count). The Morgan fingerprint density at radius 1 is 0.952 bits per heavy atom. The van der Waals surface area contributed by atoms with Crippen LogP contribution in [-0.2, 0) is 55.6 Å². The molecule has 222 valence electrons. The van der Waals surface area contributed by atoms with Crippen molar-refractivity contribution in [1.82, 2.24) is 20.3 Å². The van der Waals surface area contributed by atoms with E-state index in [0.29, 0.717) is 17.8 Å². The number of hydrogen-bond donors (Lipinski definition) is 1.